The first kappa shape index (κ1) is 18.2. The van der Waals surface area contributed by atoms with Gasteiger partial charge in [-0.15, -0.1) is 0 Å². The van der Waals surface area contributed by atoms with Crippen LogP contribution in [0.5, 0.6) is 0 Å². The van der Waals surface area contributed by atoms with Crippen molar-refractivity contribution in [3.63, 3.8) is 0 Å². The van der Waals surface area contributed by atoms with Crippen molar-refractivity contribution in [1.29, 1.82) is 0 Å². The monoisotopic (exact) mass is 358 g/mol. The van der Waals surface area contributed by atoms with Gasteiger partial charge in [0.05, 0.1) is 17.9 Å². The summed E-state index contributed by atoms with van der Waals surface area (Å²) in [6.45, 7) is 7.88. The van der Waals surface area contributed by atoms with Gasteiger partial charge in [-0.25, -0.2) is 9.18 Å². The number of nitrogens with zero attached hydrogens (tertiary/aromatic N) is 1. The summed E-state index contributed by atoms with van der Waals surface area (Å²) in [6, 6.07) is 2.94. The molecule has 5 nitrogen and oxygen atoms in total. The molecule has 0 unspecified atom stereocenters. The number of aromatic amines is 1. The molecule has 26 heavy (non-hydrogen) atoms. The number of aromatic nitrogens is 1. The van der Waals surface area contributed by atoms with E-state index >= 15 is 0 Å². The molecule has 2 aromatic rings. The Morgan fingerprint density at radius 2 is 2.00 bits per heavy atom. The number of nitrogens with one attached hydrogen (secondary N) is 1. The summed E-state index contributed by atoms with van der Waals surface area (Å²) in [5.74, 6) is -0.932. The highest BCUT2D eigenvalue weighted by atomic mass is 19.1. The molecule has 0 bridgehead atoms. The minimum atomic E-state index is -0.435. The van der Waals surface area contributed by atoms with Crippen LogP contribution in [0.15, 0.2) is 12.1 Å². The van der Waals surface area contributed by atoms with E-state index in [0.717, 1.165) is 29.7 Å². The molecule has 1 amide bonds. The van der Waals surface area contributed by atoms with Crippen molar-refractivity contribution in [2.75, 3.05) is 18.1 Å². The van der Waals surface area contributed by atoms with Crippen LogP contribution < -0.4 is 4.90 Å². The van der Waals surface area contributed by atoms with Gasteiger partial charge in [0.2, 0.25) is 0 Å². The smallest absolute Gasteiger partial charge is 0.340 e. The van der Waals surface area contributed by atoms with E-state index < -0.39 is 5.97 Å². The average molecular weight is 358 g/mol. The molecule has 6 heteroatoms. The van der Waals surface area contributed by atoms with E-state index in [0.29, 0.717) is 29.1 Å². The zero-order chi connectivity index (χ0) is 19.0. The van der Waals surface area contributed by atoms with Crippen LogP contribution in [0.1, 0.15) is 56.6 Å². The molecule has 2 heterocycles. The number of ether oxygens (including phenoxy) is 1. The van der Waals surface area contributed by atoms with E-state index in [1.165, 1.54) is 12.1 Å². The Morgan fingerprint density at radius 3 is 2.69 bits per heavy atom. The maximum atomic E-state index is 13.7. The molecule has 3 rings (SSSR count). The number of benzene rings is 1. The highest BCUT2D eigenvalue weighted by Crippen LogP contribution is 2.33. The van der Waals surface area contributed by atoms with Crippen LogP contribution in [0, 0.1) is 26.6 Å². The Morgan fingerprint density at radius 1 is 1.27 bits per heavy atom. The molecule has 1 aliphatic heterocycles. The second kappa shape index (κ2) is 6.94. The van der Waals surface area contributed by atoms with Gasteiger partial charge >= 0.3 is 5.97 Å². The number of rotatable bonds is 3. The molecule has 0 aliphatic carbocycles. The Labute approximate surface area is 152 Å². The standard InChI is InChI=1S/C20H23FN2O3/c1-5-26-20(25)16-12(3)17(22-13(16)4)19(24)23-8-6-7-14-10-15(21)9-11(2)18(14)23/h9-10,22H,5-8H2,1-4H3. The maximum Gasteiger partial charge on any atom is 0.340 e. The fraction of sp³-hybridized carbons (Fsp3) is 0.400. The van der Waals surface area contributed by atoms with Crippen LogP contribution in [0.3, 0.4) is 0 Å². The lowest BCUT2D eigenvalue weighted by Crippen LogP contribution is -2.36. The quantitative estimate of drug-likeness (QED) is 0.848. The summed E-state index contributed by atoms with van der Waals surface area (Å²) in [4.78, 5) is 30.1. The van der Waals surface area contributed by atoms with Crippen molar-refractivity contribution in [3.8, 4) is 0 Å². The summed E-state index contributed by atoms with van der Waals surface area (Å²) >= 11 is 0. The molecular weight excluding hydrogens is 335 g/mol. The number of anilines is 1. The Balaban J connectivity index is 2.03. The zero-order valence-electron chi connectivity index (χ0n) is 15.5. The summed E-state index contributed by atoms with van der Waals surface area (Å²) in [5, 5.41) is 0. The number of amides is 1. The topological polar surface area (TPSA) is 62.4 Å². The van der Waals surface area contributed by atoms with Gasteiger partial charge in [0.1, 0.15) is 11.5 Å². The summed E-state index contributed by atoms with van der Waals surface area (Å²) in [6.07, 6.45) is 1.51. The van der Waals surface area contributed by atoms with Crippen molar-refractivity contribution in [2.45, 2.75) is 40.5 Å². The van der Waals surface area contributed by atoms with Gasteiger partial charge < -0.3 is 14.6 Å². The number of halogens is 1. The molecule has 1 aromatic heterocycles. The van der Waals surface area contributed by atoms with Crippen LogP contribution in [-0.2, 0) is 11.2 Å². The third-order valence-electron chi connectivity index (χ3n) is 4.82. The van der Waals surface area contributed by atoms with Gasteiger partial charge in [-0.05, 0) is 69.4 Å². The molecule has 0 radical (unpaired) electrons. The zero-order valence-corrected chi connectivity index (χ0v) is 15.5. The highest BCUT2D eigenvalue weighted by molar-refractivity contribution is 6.09. The molecule has 0 saturated carbocycles. The second-order valence-corrected chi connectivity index (χ2v) is 6.64. The normalized spacial score (nSPS) is 13.5. The number of carbonyl (C=O) groups is 2. The lowest BCUT2D eigenvalue weighted by Gasteiger charge is -2.31. The van der Waals surface area contributed by atoms with Crippen LogP contribution in [0.4, 0.5) is 10.1 Å². The number of fused-ring (bicyclic) bond motifs is 1. The highest BCUT2D eigenvalue weighted by Gasteiger charge is 2.30. The second-order valence-electron chi connectivity index (χ2n) is 6.64. The predicted octanol–water partition coefficient (Wildman–Crippen LogP) is 3.85. The van der Waals surface area contributed by atoms with Crippen LogP contribution in [0.2, 0.25) is 0 Å². The van der Waals surface area contributed by atoms with Crippen LogP contribution in [0.25, 0.3) is 0 Å². The van der Waals surface area contributed by atoms with Crippen molar-refractivity contribution in [2.24, 2.45) is 0 Å². The van der Waals surface area contributed by atoms with E-state index in [1.54, 1.807) is 25.7 Å². The lowest BCUT2D eigenvalue weighted by atomic mass is 9.97. The molecule has 1 aromatic carbocycles. The number of H-pyrrole nitrogens is 1. The number of hydrogen-bond donors (Lipinski definition) is 1. The molecule has 0 atom stereocenters. The minimum absolute atomic E-state index is 0.211. The van der Waals surface area contributed by atoms with Gasteiger partial charge in [0, 0.05) is 12.2 Å². The Kier molecular flexibility index (Phi) is 4.85. The molecule has 0 fully saturated rings. The number of carbonyl (C=O) groups excluding carboxylic acids is 2. The predicted molar refractivity (Wildman–Crippen MR) is 97.4 cm³/mol. The van der Waals surface area contributed by atoms with Gasteiger partial charge in [-0.2, -0.15) is 0 Å². The van der Waals surface area contributed by atoms with Crippen molar-refractivity contribution >= 4 is 17.6 Å². The third-order valence-corrected chi connectivity index (χ3v) is 4.82. The molecule has 1 aliphatic rings. The van der Waals surface area contributed by atoms with Crippen molar-refractivity contribution in [3.05, 3.63) is 51.6 Å². The van der Waals surface area contributed by atoms with Gasteiger partial charge in [0.15, 0.2) is 0 Å². The van der Waals surface area contributed by atoms with E-state index in [9.17, 15) is 14.0 Å². The van der Waals surface area contributed by atoms with E-state index in [1.807, 2.05) is 6.92 Å². The lowest BCUT2D eigenvalue weighted by molar-refractivity contribution is 0.0525. The van der Waals surface area contributed by atoms with Crippen LogP contribution in [-0.4, -0.2) is 30.0 Å². The molecule has 1 N–H and O–H groups in total. The largest absolute Gasteiger partial charge is 0.462 e. The third kappa shape index (κ3) is 3.00. The van der Waals surface area contributed by atoms with Crippen molar-refractivity contribution < 1.29 is 18.7 Å². The molecule has 138 valence electrons. The molecule has 0 saturated heterocycles. The van der Waals surface area contributed by atoms with E-state index in [2.05, 4.69) is 4.98 Å². The number of aryl methyl sites for hydroxylation is 3. The fourth-order valence-electron chi connectivity index (χ4n) is 3.73. The number of hydrogen-bond acceptors (Lipinski definition) is 3. The number of esters is 1. The SMILES string of the molecule is CCOC(=O)c1c(C)[nH]c(C(=O)N2CCCc3cc(F)cc(C)c32)c1C. The van der Waals surface area contributed by atoms with Gasteiger partial charge in [-0.3, -0.25) is 4.79 Å². The molecular formula is C20H23FN2O3. The van der Waals surface area contributed by atoms with Crippen molar-refractivity contribution in [1.82, 2.24) is 4.98 Å². The van der Waals surface area contributed by atoms with Gasteiger partial charge in [0.25, 0.3) is 5.91 Å². The summed E-state index contributed by atoms with van der Waals surface area (Å²) in [5.41, 5.74) is 4.32. The average Bonchev–Trinajstić information content (AvgIpc) is 2.88. The maximum absolute atomic E-state index is 13.7. The van der Waals surface area contributed by atoms with E-state index in [-0.39, 0.29) is 18.3 Å². The van der Waals surface area contributed by atoms with Crippen LogP contribution >= 0.6 is 0 Å². The van der Waals surface area contributed by atoms with E-state index in [4.69, 9.17) is 4.74 Å². The van der Waals surface area contributed by atoms with Gasteiger partial charge in [-0.1, -0.05) is 0 Å². The first-order valence-corrected chi connectivity index (χ1v) is 8.82. The Bertz CT molecular complexity index is 886. The first-order valence-electron chi connectivity index (χ1n) is 8.82. The minimum Gasteiger partial charge on any atom is -0.462 e. The molecule has 0 spiro atoms. The summed E-state index contributed by atoms with van der Waals surface area (Å²) in [7, 11) is 0. The first-order chi connectivity index (χ1) is 12.3. The Hall–Kier alpha value is -2.63. The summed E-state index contributed by atoms with van der Waals surface area (Å²) < 4.78 is 18.8. The fourth-order valence-corrected chi connectivity index (χ4v) is 3.73.